The second-order valence-electron chi connectivity index (χ2n) is 4.85. The van der Waals surface area contributed by atoms with Crippen LogP contribution in [0.25, 0.3) is 27.6 Å². The number of carbonyl (C=O) groups is 1. The molecule has 0 aliphatic carbocycles. The number of rotatable bonds is 2. The molecule has 4 heteroatoms. The molecule has 0 fully saturated rings. The van der Waals surface area contributed by atoms with Crippen LogP contribution >= 0.6 is 11.6 Å². The van der Waals surface area contributed by atoms with Crippen LogP contribution in [0.5, 0.6) is 0 Å². The molecule has 0 radical (unpaired) electrons. The minimum Gasteiger partial charge on any atom is -0.365 e. The van der Waals surface area contributed by atoms with Gasteiger partial charge in [0, 0.05) is 10.8 Å². The first-order valence-electron chi connectivity index (χ1n) is 6.64. The lowest BCUT2D eigenvalue weighted by Crippen LogP contribution is -2.12. The molecule has 0 spiro atoms. The molecule has 106 valence electrons. The molecule has 3 nitrogen and oxygen atoms in total. The van der Waals surface area contributed by atoms with Crippen LogP contribution in [0.3, 0.4) is 0 Å². The summed E-state index contributed by atoms with van der Waals surface area (Å²) < 4.78 is 0. The Hall–Kier alpha value is -2.83. The van der Waals surface area contributed by atoms with E-state index in [2.05, 4.69) is 0 Å². The van der Waals surface area contributed by atoms with E-state index in [-0.39, 0.29) is 5.57 Å². The van der Waals surface area contributed by atoms with Crippen molar-refractivity contribution in [2.45, 2.75) is 0 Å². The average Bonchev–Trinajstić information content (AvgIpc) is 2.55. The molecule has 3 aromatic rings. The lowest BCUT2D eigenvalue weighted by molar-refractivity contribution is -0.114. The van der Waals surface area contributed by atoms with E-state index >= 15 is 0 Å². The van der Waals surface area contributed by atoms with Crippen LogP contribution in [-0.4, -0.2) is 5.91 Å². The number of nitriles is 1. The molecular weight excluding hydrogens is 296 g/mol. The van der Waals surface area contributed by atoms with Gasteiger partial charge in [0.1, 0.15) is 11.6 Å². The maximum Gasteiger partial charge on any atom is 0.259 e. The van der Waals surface area contributed by atoms with Crippen molar-refractivity contribution < 1.29 is 4.79 Å². The standard InChI is InChI=1S/C18H11ClN2O/c19-17-14-7-3-1-5-12(14)16(9-11(10-20)18(21)22)13-6-2-4-8-15(13)17/h1-9H,(H2,21,22)/b11-9+. The first kappa shape index (κ1) is 14.1. The zero-order valence-electron chi connectivity index (χ0n) is 11.5. The Labute approximate surface area is 132 Å². The number of benzene rings is 3. The molecular formula is C18H11ClN2O. The molecule has 0 bridgehead atoms. The average molecular weight is 307 g/mol. The third-order valence-corrected chi connectivity index (χ3v) is 3.99. The number of fused-ring (bicyclic) bond motifs is 2. The molecule has 0 unspecified atom stereocenters. The fourth-order valence-corrected chi connectivity index (χ4v) is 2.90. The molecule has 22 heavy (non-hydrogen) atoms. The molecule has 0 saturated heterocycles. The Kier molecular flexibility index (Phi) is 3.54. The molecule has 3 aromatic carbocycles. The number of carbonyl (C=O) groups excluding carboxylic acids is 1. The van der Waals surface area contributed by atoms with E-state index in [0.29, 0.717) is 5.02 Å². The zero-order chi connectivity index (χ0) is 15.7. The van der Waals surface area contributed by atoms with E-state index in [1.807, 2.05) is 54.6 Å². The summed E-state index contributed by atoms with van der Waals surface area (Å²) in [5, 5.41) is 13.3. The van der Waals surface area contributed by atoms with Gasteiger partial charge in [-0.25, -0.2) is 0 Å². The van der Waals surface area contributed by atoms with Crippen molar-refractivity contribution in [3.8, 4) is 6.07 Å². The van der Waals surface area contributed by atoms with Gasteiger partial charge in [0.05, 0.1) is 5.02 Å². The molecule has 0 atom stereocenters. The summed E-state index contributed by atoms with van der Waals surface area (Å²) in [6.07, 6.45) is 1.53. The van der Waals surface area contributed by atoms with E-state index in [1.165, 1.54) is 6.08 Å². The van der Waals surface area contributed by atoms with E-state index in [0.717, 1.165) is 27.1 Å². The predicted octanol–water partition coefficient (Wildman–Crippen LogP) is 4.04. The number of halogens is 1. The smallest absolute Gasteiger partial charge is 0.259 e. The largest absolute Gasteiger partial charge is 0.365 e. The van der Waals surface area contributed by atoms with E-state index in [1.54, 1.807) is 0 Å². The number of hydrogen-bond donors (Lipinski definition) is 1. The summed E-state index contributed by atoms with van der Waals surface area (Å²) >= 11 is 6.50. The van der Waals surface area contributed by atoms with Crippen molar-refractivity contribution in [2.24, 2.45) is 5.73 Å². The Morgan fingerprint density at radius 3 is 1.86 bits per heavy atom. The molecule has 0 saturated carbocycles. The number of nitrogens with two attached hydrogens (primary N) is 1. The third-order valence-electron chi connectivity index (χ3n) is 3.58. The molecule has 2 N–H and O–H groups in total. The minimum atomic E-state index is -0.745. The summed E-state index contributed by atoms with van der Waals surface area (Å²) in [6, 6.07) is 17.1. The zero-order valence-corrected chi connectivity index (χ0v) is 12.3. The van der Waals surface area contributed by atoms with Crippen LogP contribution in [0.1, 0.15) is 5.56 Å². The van der Waals surface area contributed by atoms with Gasteiger partial charge in [-0.05, 0) is 22.4 Å². The van der Waals surface area contributed by atoms with E-state index in [9.17, 15) is 4.79 Å². The highest BCUT2D eigenvalue weighted by molar-refractivity contribution is 6.41. The number of hydrogen-bond acceptors (Lipinski definition) is 2. The Morgan fingerprint density at radius 2 is 1.45 bits per heavy atom. The molecule has 0 aliphatic heterocycles. The van der Waals surface area contributed by atoms with Crippen LogP contribution < -0.4 is 5.73 Å². The third kappa shape index (κ3) is 2.20. The van der Waals surface area contributed by atoms with Crippen LogP contribution in [0, 0.1) is 11.3 Å². The highest BCUT2D eigenvalue weighted by Gasteiger charge is 2.12. The van der Waals surface area contributed by atoms with Crippen LogP contribution in [0.2, 0.25) is 5.02 Å². The van der Waals surface area contributed by atoms with Gasteiger partial charge >= 0.3 is 0 Å². The predicted molar refractivity (Wildman–Crippen MR) is 89.2 cm³/mol. The maximum absolute atomic E-state index is 11.4. The summed E-state index contributed by atoms with van der Waals surface area (Å²) in [7, 11) is 0. The van der Waals surface area contributed by atoms with Crippen molar-refractivity contribution in [1.29, 1.82) is 5.26 Å². The first-order chi connectivity index (χ1) is 10.6. The Morgan fingerprint density at radius 1 is 1.00 bits per heavy atom. The van der Waals surface area contributed by atoms with Gasteiger partial charge in [-0.1, -0.05) is 60.1 Å². The highest BCUT2D eigenvalue weighted by Crippen LogP contribution is 2.36. The number of amides is 1. The van der Waals surface area contributed by atoms with Crippen LogP contribution in [0.4, 0.5) is 0 Å². The van der Waals surface area contributed by atoms with Gasteiger partial charge in [0.15, 0.2) is 0 Å². The van der Waals surface area contributed by atoms with Crippen LogP contribution in [0.15, 0.2) is 54.1 Å². The number of primary amides is 1. The Balaban J connectivity index is 2.53. The van der Waals surface area contributed by atoms with Crippen molar-refractivity contribution in [2.75, 3.05) is 0 Å². The molecule has 0 aliphatic rings. The second kappa shape index (κ2) is 5.51. The molecule has 1 amide bonds. The SMILES string of the molecule is N#C/C(=C\c1c2ccccc2c(Cl)c2ccccc12)C(N)=O. The lowest BCUT2D eigenvalue weighted by Gasteiger charge is -2.11. The van der Waals surface area contributed by atoms with Crippen molar-refractivity contribution in [1.82, 2.24) is 0 Å². The van der Waals surface area contributed by atoms with Gasteiger partial charge in [-0.2, -0.15) is 5.26 Å². The molecule has 0 heterocycles. The Bertz CT molecular complexity index is 926. The van der Waals surface area contributed by atoms with Gasteiger partial charge in [-0.3, -0.25) is 4.79 Å². The normalized spacial score (nSPS) is 11.5. The fraction of sp³-hybridized carbons (Fsp3) is 0. The summed E-state index contributed by atoms with van der Waals surface area (Å²) in [4.78, 5) is 11.4. The van der Waals surface area contributed by atoms with E-state index < -0.39 is 5.91 Å². The fourth-order valence-electron chi connectivity index (χ4n) is 2.57. The maximum atomic E-state index is 11.4. The van der Waals surface area contributed by atoms with Crippen molar-refractivity contribution in [3.05, 3.63) is 64.7 Å². The van der Waals surface area contributed by atoms with Gasteiger partial charge in [0.2, 0.25) is 0 Å². The van der Waals surface area contributed by atoms with Gasteiger partial charge < -0.3 is 5.73 Å². The topological polar surface area (TPSA) is 66.9 Å². The quantitative estimate of drug-likeness (QED) is 0.441. The monoisotopic (exact) mass is 306 g/mol. The van der Waals surface area contributed by atoms with Gasteiger partial charge in [0.25, 0.3) is 5.91 Å². The van der Waals surface area contributed by atoms with E-state index in [4.69, 9.17) is 22.6 Å². The second-order valence-corrected chi connectivity index (χ2v) is 5.23. The minimum absolute atomic E-state index is 0.0855. The first-order valence-corrected chi connectivity index (χ1v) is 7.02. The van der Waals surface area contributed by atoms with Crippen molar-refractivity contribution >= 4 is 45.1 Å². The molecule has 0 aromatic heterocycles. The van der Waals surface area contributed by atoms with Gasteiger partial charge in [-0.15, -0.1) is 0 Å². The van der Waals surface area contributed by atoms with Crippen molar-refractivity contribution in [3.63, 3.8) is 0 Å². The summed E-state index contributed by atoms with van der Waals surface area (Å²) in [5.74, 6) is -0.745. The highest BCUT2D eigenvalue weighted by atomic mass is 35.5. The number of nitrogens with zero attached hydrogens (tertiary/aromatic N) is 1. The van der Waals surface area contributed by atoms with Crippen LogP contribution in [-0.2, 0) is 4.79 Å². The lowest BCUT2D eigenvalue weighted by atomic mass is 9.95. The summed E-state index contributed by atoms with van der Waals surface area (Å²) in [5.41, 5.74) is 5.94. The summed E-state index contributed by atoms with van der Waals surface area (Å²) in [6.45, 7) is 0. The molecule has 3 rings (SSSR count).